The molecule has 1 saturated carbocycles. The van der Waals surface area contributed by atoms with Crippen molar-refractivity contribution in [3.63, 3.8) is 0 Å². The second-order valence-corrected chi connectivity index (χ2v) is 12.8. The molecule has 3 aromatic rings. The lowest BCUT2D eigenvalue weighted by molar-refractivity contribution is -0.140. The first-order valence-electron chi connectivity index (χ1n) is 13.2. The zero-order valence-electron chi connectivity index (χ0n) is 22.3. The van der Waals surface area contributed by atoms with Crippen LogP contribution in [0.2, 0.25) is 10.0 Å². The van der Waals surface area contributed by atoms with E-state index in [1.54, 1.807) is 0 Å². The summed E-state index contributed by atoms with van der Waals surface area (Å²) >= 11 is 12.2. The fourth-order valence-corrected chi connectivity index (χ4v) is 6.09. The van der Waals surface area contributed by atoms with Gasteiger partial charge in [-0.3, -0.25) is 13.9 Å². The van der Waals surface area contributed by atoms with Crippen LogP contribution in [0.25, 0.3) is 0 Å². The molecule has 0 bridgehead atoms. The molecule has 0 saturated heterocycles. The quantitative estimate of drug-likeness (QED) is 0.316. The predicted molar refractivity (Wildman–Crippen MR) is 160 cm³/mol. The van der Waals surface area contributed by atoms with Gasteiger partial charge < -0.3 is 10.2 Å². The average molecular weight is 603 g/mol. The van der Waals surface area contributed by atoms with Gasteiger partial charge in [-0.05, 0) is 42.2 Å². The third kappa shape index (κ3) is 7.99. The van der Waals surface area contributed by atoms with E-state index in [2.05, 4.69) is 5.32 Å². The molecule has 1 aliphatic carbocycles. The normalized spacial score (nSPS) is 14.5. The van der Waals surface area contributed by atoms with Crippen LogP contribution in [-0.2, 0) is 32.6 Å². The molecule has 4 rings (SSSR count). The minimum Gasteiger partial charge on any atom is -0.352 e. The highest BCUT2D eigenvalue weighted by Gasteiger charge is 2.34. The summed E-state index contributed by atoms with van der Waals surface area (Å²) in [5.74, 6) is -0.761. The van der Waals surface area contributed by atoms with Gasteiger partial charge in [-0.1, -0.05) is 96.7 Å². The molecule has 1 aliphatic rings. The lowest BCUT2D eigenvalue weighted by Crippen LogP contribution is -2.54. The fourth-order valence-electron chi connectivity index (χ4n) is 4.96. The van der Waals surface area contributed by atoms with Crippen LogP contribution in [-0.4, -0.2) is 50.0 Å². The Morgan fingerprint density at radius 1 is 0.900 bits per heavy atom. The summed E-state index contributed by atoms with van der Waals surface area (Å²) in [4.78, 5) is 29.4. The van der Waals surface area contributed by atoms with Gasteiger partial charge in [0.1, 0.15) is 12.6 Å². The maximum atomic E-state index is 14.1. The molecular formula is C30H33Cl2N3O4S. The molecule has 1 atom stereocenters. The summed E-state index contributed by atoms with van der Waals surface area (Å²) in [6.07, 6.45) is 5.20. The van der Waals surface area contributed by atoms with Crippen molar-refractivity contribution in [2.24, 2.45) is 0 Å². The first-order chi connectivity index (χ1) is 19.1. The van der Waals surface area contributed by atoms with E-state index < -0.39 is 28.5 Å². The summed E-state index contributed by atoms with van der Waals surface area (Å²) < 4.78 is 26.7. The van der Waals surface area contributed by atoms with E-state index in [9.17, 15) is 18.0 Å². The number of carbonyl (C=O) groups is 2. The standard InChI is InChI=1S/C30H33Cl2N3O4S/c1-40(38,39)35(25-16-17-26(31)27(32)19-25)21-29(36)34(20-23-12-6-3-7-13-23)28(18-22-10-4-2-5-11-22)30(37)33-24-14-8-9-15-24/h2-7,10-13,16-17,19,24,28H,8-9,14-15,18,20-21H2,1H3,(H,33,37). The highest BCUT2D eigenvalue weighted by atomic mass is 35.5. The van der Waals surface area contributed by atoms with Gasteiger partial charge in [0, 0.05) is 19.0 Å². The number of hydrogen-bond acceptors (Lipinski definition) is 4. The Labute approximate surface area is 246 Å². The molecule has 0 radical (unpaired) electrons. The number of halogens is 2. The summed E-state index contributed by atoms with van der Waals surface area (Å²) in [7, 11) is -3.89. The summed E-state index contributed by atoms with van der Waals surface area (Å²) in [5.41, 5.74) is 1.92. The Hall–Kier alpha value is -3.07. The van der Waals surface area contributed by atoms with Gasteiger partial charge in [0.15, 0.2) is 0 Å². The molecule has 0 spiro atoms. The Bertz CT molecular complexity index is 1420. The SMILES string of the molecule is CS(=O)(=O)N(CC(=O)N(Cc1ccccc1)C(Cc1ccccc1)C(=O)NC1CCCC1)c1ccc(Cl)c(Cl)c1. The van der Waals surface area contributed by atoms with E-state index >= 15 is 0 Å². The van der Waals surface area contributed by atoms with Crippen molar-refractivity contribution in [3.05, 3.63) is 100 Å². The van der Waals surface area contributed by atoms with E-state index in [0.29, 0.717) is 0 Å². The number of hydrogen-bond donors (Lipinski definition) is 1. The first-order valence-corrected chi connectivity index (χ1v) is 15.8. The van der Waals surface area contributed by atoms with E-state index in [-0.39, 0.29) is 40.6 Å². The van der Waals surface area contributed by atoms with Crippen LogP contribution in [0.5, 0.6) is 0 Å². The minimum atomic E-state index is -3.89. The van der Waals surface area contributed by atoms with Gasteiger partial charge in [0.2, 0.25) is 21.8 Å². The summed E-state index contributed by atoms with van der Waals surface area (Å²) in [5, 5.41) is 3.58. The van der Waals surface area contributed by atoms with Crippen LogP contribution in [0.1, 0.15) is 36.8 Å². The molecule has 212 valence electrons. The lowest BCUT2D eigenvalue weighted by atomic mass is 10.0. The number of benzene rings is 3. The first kappa shape index (κ1) is 29.9. The molecular weight excluding hydrogens is 569 g/mol. The molecule has 40 heavy (non-hydrogen) atoms. The Balaban J connectivity index is 1.71. The van der Waals surface area contributed by atoms with E-state index in [0.717, 1.165) is 47.4 Å². The van der Waals surface area contributed by atoms with Gasteiger partial charge in [-0.2, -0.15) is 0 Å². The monoisotopic (exact) mass is 601 g/mol. The van der Waals surface area contributed by atoms with Crippen LogP contribution in [0.15, 0.2) is 78.9 Å². The van der Waals surface area contributed by atoms with Gasteiger partial charge >= 0.3 is 0 Å². The van der Waals surface area contributed by atoms with Crippen molar-refractivity contribution >= 4 is 50.7 Å². The Kier molecular flexibility index (Phi) is 10.1. The van der Waals surface area contributed by atoms with Crippen LogP contribution in [0, 0.1) is 0 Å². The van der Waals surface area contributed by atoms with Crippen molar-refractivity contribution in [2.75, 3.05) is 17.1 Å². The van der Waals surface area contributed by atoms with Crippen LogP contribution < -0.4 is 9.62 Å². The van der Waals surface area contributed by atoms with E-state index in [1.165, 1.54) is 23.1 Å². The van der Waals surface area contributed by atoms with Crippen molar-refractivity contribution in [3.8, 4) is 0 Å². The summed E-state index contributed by atoms with van der Waals surface area (Å²) in [6, 6.07) is 22.5. The van der Waals surface area contributed by atoms with Crippen molar-refractivity contribution in [1.29, 1.82) is 0 Å². The zero-order chi connectivity index (χ0) is 28.7. The third-order valence-corrected chi connectivity index (χ3v) is 8.92. The van der Waals surface area contributed by atoms with Crippen LogP contribution in [0.4, 0.5) is 5.69 Å². The van der Waals surface area contributed by atoms with Gasteiger partial charge in [-0.25, -0.2) is 8.42 Å². The van der Waals surface area contributed by atoms with Crippen molar-refractivity contribution in [1.82, 2.24) is 10.2 Å². The second-order valence-electron chi connectivity index (χ2n) is 10.1. The minimum absolute atomic E-state index is 0.0585. The van der Waals surface area contributed by atoms with Gasteiger partial charge in [0.05, 0.1) is 22.0 Å². The average Bonchev–Trinajstić information content (AvgIpc) is 3.44. The molecule has 0 heterocycles. The number of amides is 2. The maximum absolute atomic E-state index is 14.1. The maximum Gasteiger partial charge on any atom is 0.244 e. The molecule has 0 aliphatic heterocycles. The number of anilines is 1. The molecule has 1 fully saturated rings. The molecule has 7 nitrogen and oxygen atoms in total. The number of rotatable bonds is 11. The van der Waals surface area contributed by atoms with E-state index in [4.69, 9.17) is 23.2 Å². The van der Waals surface area contributed by atoms with Crippen LogP contribution in [0.3, 0.4) is 0 Å². The Morgan fingerprint density at radius 3 is 2.08 bits per heavy atom. The highest BCUT2D eigenvalue weighted by Crippen LogP contribution is 2.29. The van der Waals surface area contributed by atoms with E-state index in [1.807, 2.05) is 60.7 Å². The Morgan fingerprint density at radius 2 is 1.50 bits per heavy atom. The molecule has 2 amide bonds. The number of carbonyl (C=O) groups excluding carboxylic acids is 2. The number of nitrogens with zero attached hydrogens (tertiary/aromatic N) is 2. The second kappa shape index (κ2) is 13.5. The van der Waals surface area contributed by atoms with Gasteiger partial charge in [-0.15, -0.1) is 0 Å². The summed E-state index contributed by atoms with van der Waals surface area (Å²) in [6.45, 7) is -0.375. The van der Waals surface area contributed by atoms with Crippen molar-refractivity contribution < 1.29 is 18.0 Å². The van der Waals surface area contributed by atoms with Crippen LogP contribution >= 0.6 is 23.2 Å². The molecule has 0 aromatic heterocycles. The largest absolute Gasteiger partial charge is 0.352 e. The topological polar surface area (TPSA) is 86.8 Å². The number of nitrogens with one attached hydrogen (secondary N) is 1. The highest BCUT2D eigenvalue weighted by molar-refractivity contribution is 7.92. The third-order valence-electron chi connectivity index (χ3n) is 7.04. The fraction of sp³-hybridized carbons (Fsp3) is 0.333. The smallest absolute Gasteiger partial charge is 0.244 e. The molecule has 1 unspecified atom stereocenters. The predicted octanol–water partition coefficient (Wildman–Crippen LogP) is 5.46. The molecule has 10 heteroatoms. The molecule has 3 aromatic carbocycles. The van der Waals surface area contributed by atoms with Crippen molar-refractivity contribution in [2.45, 2.75) is 50.7 Å². The zero-order valence-corrected chi connectivity index (χ0v) is 24.6. The number of sulfonamides is 1. The lowest BCUT2D eigenvalue weighted by Gasteiger charge is -2.34. The van der Waals surface area contributed by atoms with Gasteiger partial charge in [0.25, 0.3) is 0 Å². The molecule has 1 N–H and O–H groups in total.